The lowest BCUT2D eigenvalue weighted by Gasteiger charge is -2.20. The van der Waals surface area contributed by atoms with Crippen LogP contribution in [0.3, 0.4) is 0 Å². The predicted molar refractivity (Wildman–Crippen MR) is 210 cm³/mol. The Labute approximate surface area is 331 Å². The fourth-order valence-corrected chi connectivity index (χ4v) is 7.34. The molecule has 0 spiro atoms. The molecule has 3 aromatic carbocycles. The average Bonchev–Trinajstić information content (AvgIpc) is 3.11. The minimum absolute atomic E-state index is 0.0340. The molecule has 0 aliphatic rings. The molecular weight excluding hydrogens is 810 g/mol. The molecule has 1 atom stereocenters. The van der Waals surface area contributed by atoms with Gasteiger partial charge in [-0.1, -0.05) is 47.9 Å². The Kier molecular flexibility index (Phi) is 14.9. The van der Waals surface area contributed by atoms with E-state index in [0.29, 0.717) is 16.9 Å². The number of nitrogens with zero attached hydrogens (tertiary/aromatic N) is 1. The van der Waals surface area contributed by atoms with Crippen LogP contribution in [-0.2, 0) is 54.6 Å². The second kappa shape index (κ2) is 18.9. The number of terminal acetylenes is 1. The molecule has 19 heteroatoms. The van der Waals surface area contributed by atoms with Gasteiger partial charge in [0.2, 0.25) is 5.91 Å². The van der Waals surface area contributed by atoms with Crippen LogP contribution in [0.2, 0.25) is 5.02 Å². The smallest absolute Gasteiger partial charge is 0.266 e. The first-order valence-corrected chi connectivity index (χ1v) is 22.1. The van der Waals surface area contributed by atoms with E-state index in [-0.39, 0.29) is 47.8 Å². The van der Waals surface area contributed by atoms with E-state index in [0.717, 1.165) is 34.1 Å². The fraction of sp³-hybridized carbons (Fsp3) is 0.297. The molecule has 0 saturated carbocycles. The van der Waals surface area contributed by atoms with Crippen LogP contribution in [0.25, 0.3) is 11.1 Å². The second-order valence-electron chi connectivity index (χ2n) is 12.5. The maximum absolute atomic E-state index is 12.8. The third-order valence-corrected chi connectivity index (χ3v) is 11.2. The Morgan fingerprint density at radius 3 is 2.20 bits per heavy atom. The van der Waals surface area contributed by atoms with Gasteiger partial charge in [0, 0.05) is 48.9 Å². The number of sulfone groups is 1. The van der Waals surface area contributed by atoms with E-state index >= 15 is 0 Å². The van der Waals surface area contributed by atoms with Gasteiger partial charge >= 0.3 is 0 Å². The number of hydrogen-bond acceptors (Lipinski definition) is 12. The molecule has 0 saturated heterocycles. The number of halogens is 1. The molecule has 0 unspecified atom stereocenters. The molecule has 0 bridgehead atoms. The SMILES string of the molecule is C#CCOc1cccc(-c2cccc(COc3cc(OCc4cncc(S(C)(=O)=O)c4)c(CN[C@@H](CS(=O)(=O)O)C(=O)NCCS(=O)(=O)O)cc3Cl)c2C)c1C. The van der Waals surface area contributed by atoms with E-state index in [9.17, 15) is 34.6 Å². The molecule has 4 aromatic rings. The summed E-state index contributed by atoms with van der Waals surface area (Å²) in [6.07, 6.45) is 9.02. The number of ether oxygens (including phenoxy) is 3. The van der Waals surface area contributed by atoms with Crippen molar-refractivity contribution in [3.8, 4) is 40.7 Å². The summed E-state index contributed by atoms with van der Waals surface area (Å²) < 4.78 is 106. The maximum atomic E-state index is 12.8. The maximum Gasteiger partial charge on any atom is 0.266 e. The number of benzene rings is 3. The van der Waals surface area contributed by atoms with Crippen molar-refractivity contribution in [2.24, 2.45) is 0 Å². The molecule has 4 N–H and O–H groups in total. The van der Waals surface area contributed by atoms with Crippen LogP contribution in [0.5, 0.6) is 17.2 Å². The number of aromatic nitrogens is 1. The quantitative estimate of drug-likeness (QED) is 0.0775. The molecular formula is C37H40ClN3O12S3. The monoisotopic (exact) mass is 849 g/mol. The van der Waals surface area contributed by atoms with Crippen LogP contribution < -0.4 is 24.8 Å². The van der Waals surface area contributed by atoms with Crippen LogP contribution in [0.15, 0.2) is 71.9 Å². The van der Waals surface area contributed by atoms with Crippen molar-refractivity contribution in [3.05, 3.63) is 99.8 Å². The highest BCUT2D eigenvalue weighted by atomic mass is 35.5. The van der Waals surface area contributed by atoms with Gasteiger partial charge in [-0.3, -0.25) is 18.9 Å². The molecule has 0 aliphatic carbocycles. The molecule has 0 aliphatic heterocycles. The number of carbonyl (C=O) groups is 1. The van der Waals surface area contributed by atoms with Crippen molar-refractivity contribution in [1.82, 2.24) is 15.6 Å². The number of nitrogens with one attached hydrogen (secondary N) is 2. The average molecular weight is 850 g/mol. The Morgan fingerprint density at radius 2 is 1.54 bits per heavy atom. The number of pyridine rings is 1. The molecule has 0 radical (unpaired) electrons. The number of rotatable bonds is 19. The van der Waals surface area contributed by atoms with Gasteiger partial charge in [-0.05, 0) is 59.9 Å². The summed E-state index contributed by atoms with van der Waals surface area (Å²) in [5.74, 6) is 0.566. The van der Waals surface area contributed by atoms with Crippen molar-refractivity contribution in [2.45, 2.75) is 44.5 Å². The third kappa shape index (κ3) is 12.9. The number of hydrogen-bond donors (Lipinski definition) is 4. The number of amides is 1. The minimum atomic E-state index is -4.72. The highest BCUT2D eigenvalue weighted by Gasteiger charge is 2.25. The lowest BCUT2D eigenvalue weighted by molar-refractivity contribution is -0.122. The topological polar surface area (TPSA) is 225 Å². The zero-order valence-electron chi connectivity index (χ0n) is 30.5. The fourth-order valence-electron chi connectivity index (χ4n) is 5.43. The first-order chi connectivity index (χ1) is 26.3. The van der Waals surface area contributed by atoms with E-state index in [1.54, 1.807) is 0 Å². The first-order valence-electron chi connectivity index (χ1n) is 16.6. The summed E-state index contributed by atoms with van der Waals surface area (Å²) in [6.45, 7) is 3.10. The summed E-state index contributed by atoms with van der Waals surface area (Å²) in [4.78, 5) is 16.8. The van der Waals surface area contributed by atoms with Crippen LogP contribution in [0.4, 0.5) is 0 Å². The third-order valence-electron chi connectivity index (χ3n) is 8.31. The second-order valence-corrected chi connectivity index (χ2v) is 18.0. The first kappa shape index (κ1) is 44.0. The zero-order chi connectivity index (χ0) is 41.3. The Bertz CT molecular complexity index is 2450. The summed E-state index contributed by atoms with van der Waals surface area (Å²) in [5, 5.41) is 5.02. The molecule has 1 aromatic heterocycles. The van der Waals surface area contributed by atoms with Crippen molar-refractivity contribution < 1.29 is 53.4 Å². The van der Waals surface area contributed by atoms with E-state index < -0.39 is 60.1 Å². The summed E-state index contributed by atoms with van der Waals surface area (Å²) in [6, 6.07) is 14.2. The summed E-state index contributed by atoms with van der Waals surface area (Å²) >= 11 is 6.69. The summed E-state index contributed by atoms with van der Waals surface area (Å²) in [7, 11) is -12.7. The van der Waals surface area contributed by atoms with Crippen molar-refractivity contribution in [1.29, 1.82) is 0 Å². The van der Waals surface area contributed by atoms with E-state index in [4.69, 9.17) is 36.8 Å². The Hall–Kier alpha value is -4.74. The highest BCUT2D eigenvalue weighted by molar-refractivity contribution is 7.90. The van der Waals surface area contributed by atoms with E-state index in [1.807, 2.05) is 50.2 Å². The molecule has 300 valence electrons. The van der Waals surface area contributed by atoms with Crippen LogP contribution in [0, 0.1) is 26.2 Å². The van der Waals surface area contributed by atoms with E-state index in [1.165, 1.54) is 30.6 Å². The van der Waals surface area contributed by atoms with Gasteiger partial charge in [-0.25, -0.2) is 8.42 Å². The molecule has 1 heterocycles. The van der Waals surface area contributed by atoms with Crippen LogP contribution in [-0.4, -0.2) is 82.2 Å². The van der Waals surface area contributed by atoms with Crippen molar-refractivity contribution in [3.63, 3.8) is 0 Å². The largest absolute Gasteiger partial charge is 0.488 e. The normalized spacial score (nSPS) is 12.4. The van der Waals surface area contributed by atoms with Gasteiger partial charge in [0.25, 0.3) is 20.2 Å². The van der Waals surface area contributed by atoms with E-state index in [2.05, 4.69) is 21.5 Å². The van der Waals surface area contributed by atoms with Crippen molar-refractivity contribution >= 4 is 47.6 Å². The Morgan fingerprint density at radius 1 is 0.857 bits per heavy atom. The predicted octanol–water partition coefficient (Wildman–Crippen LogP) is 3.94. The van der Waals surface area contributed by atoms with Gasteiger partial charge in [0.05, 0.1) is 21.4 Å². The van der Waals surface area contributed by atoms with Crippen molar-refractivity contribution in [2.75, 3.05) is 30.9 Å². The molecule has 0 fully saturated rings. The van der Waals surface area contributed by atoms with Gasteiger partial charge < -0.3 is 24.8 Å². The van der Waals surface area contributed by atoms with Crippen LogP contribution >= 0.6 is 11.6 Å². The molecule has 56 heavy (non-hydrogen) atoms. The highest BCUT2D eigenvalue weighted by Crippen LogP contribution is 2.36. The lowest BCUT2D eigenvalue weighted by atomic mass is 9.93. The molecule has 1 amide bonds. The van der Waals surface area contributed by atoms with Crippen LogP contribution in [0.1, 0.15) is 27.8 Å². The zero-order valence-corrected chi connectivity index (χ0v) is 33.7. The summed E-state index contributed by atoms with van der Waals surface area (Å²) in [5.41, 5.74) is 5.24. The van der Waals surface area contributed by atoms with Gasteiger partial charge in [-0.2, -0.15) is 16.8 Å². The minimum Gasteiger partial charge on any atom is -0.488 e. The molecule has 15 nitrogen and oxygen atoms in total. The standard InChI is InChI=1S/C37H40ClN3O12S3/c1-5-13-51-34-11-7-10-31(25(34)3)30-9-6-8-27(24(30)2)22-53-36-17-35(52-21-26-15-29(20-39-18-26)54(4,43)44)28(16-32(36)38)19-41-33(23-56(48,49)50)37(42)40-12-14-55(45,46)47/h1,6-11,15-18,20,33,41H,12-14,19,21-23H2,2-4H3,(H,40,42)(H,45,46,47)(H,48,49,50)/t33-/m0/s1. The lowest BCUT2D eigenvalue weighted by Crippen LogP contribution is -2.48. The van der Waals surface area contributed by atoms with Gasteiger partial charge in [0.15, 0.2) is 9.84 Å². The Balaban J connectivity index is 1.64. The van der Waals surface area contributed by atoms with Gasteiger partial charge in [-0.15, -0.1) is 6.42 Å². The van der Waals surface area contributed by atoms with Gasteiger partial charge in [0.1, 0.15) is 43.1 Å². The number of carbonyl (C=O) groups excluding carboxylic acids is 1. The molecule has 4 rings (SSSR count).